The van der Waals surface area contributed by atoms with Crippen molar-refractivity contribution in [2.24, 2.45) is 0 Å². The highest BCUT2D eigenvalue weighted by atomic mass is 16.7. The van der Waals surface area contributed by atoms with Gasteiger partial charge >= 0.3 is 11.9 Å². The van der Waals surface area contributed by atoms with Gasteiger partial charge in [-0.3, -0.25) is 9.59 Å². The van der Waals surface area contributed by atoms with Crippen molar-refractivity contribution in [3.63, 3.8) is 0 Å². The highest BCUT2D eigenvalue weighted by Gasteiger charge is 2.44. The molecule has 302 valence electrons. The summed E-state index contributed by atoms with van der Waals surface area (Å²) in [4.78, 5) is 25.2. The Morgan fingerprint density at radius 2 is 1.13 bits per heavy atom. The smallest absolute Gasteiger partial charge is 0.306 e. The van der Waals surface area contributed by atoms with Gasteiger partial charge in [0.25, 0.3) is 0 Å². The fraction of sp³-hybridized carbons (Fsp3) is 0.674. The number of unbranched alkanes of at least 4 members (excludes halogenated alkanes) is 8. The van der Waals surface area contributed by atoms with E-state index in [9.17, 15) is 30.0 Å². The summed E-state index contributed by atoms with van der Waals surface area (Å²) >= 11 is 0. The molecule has 0 aliphatic carbocycles. The minimum atomic E-state index is -1.61. The van der Waals surface area contributed by atoms with Gasteiger partial charge in [-0.05, 0) is 70.6 Å². The number of aliphatic hydroxyl groups excluding tert-OH is 4. The maximum absolute atomic E-state index is 12.7. The van der Waals surface area contributed by atoms with Crippen LogP contribution >= 0.6 is 0 Å². The summed E-state index contributed by atoms with van der Waals surface area (Å²) in [5.74, 6) is -0.896. The number of hydrogen-bond donors (Lipinski definition) is 4. The van der Waals surface area contributed by atoms with E-state index in [1.165, 1.54) is 12.8 Å². The first kappa shape index (κ1) is 48.2. The largest absolute Gasteiger partial charge is 0.462 e. The molecule has 1 aliphatic rings. The third-order valence-electron chi connectivity index (χ3n) is 8.58. The highest BCUT2D eigenvalue weighted by molar-refractivity contribution is 5.70. The van der Waals surface area contributed by atoms with E-state index in [4.69, 9.17) is 18.9 Å². The normalized spacial score (nSPS) is 21.7. The molecule has 10 heteroatoms. The molecule has 6 atom stereocenters. The minimum Gasteiger partial charge on any atom is -0.462 e. The van der Waals surface area contributed by atoms with Gasteiger partial charge in [-0.1, -0.05) is 119 Å². The van der Waals surface area contributed by atoms with Crippen LogP contribution in [0.4, 0.5) is 0 Å². The lowest BCUT2D eigenvalue weighted by molar-refractivity contribution is -0.305. The van der Waals surface area contributed by atoms with E-state index in [0.29, 0.717) is 12.8 Å². The van der Waals surface area contributed by atoms with Crippen LogP contribution in [-0.2, 0) is 28.5 Å². The first-order valence-corrected chi connectivity index (χ1v) is 20.0. The van der Waals surface area contributed by atoms with Crippen LogP contribution < -0.4 is 0 Å². The predicted octanol–water partition coefficient (Wildman–Crippen LogP) is 7.66. The second-order valence-corrected chi connectivity index (χ2v) is 13.3. The molecule has 1 rings (SSSR count). The Bertz CT molecular complexity index is 1090. The molecule has 1 saturated heterocycles. The van der Waals surface area contributed by atoms with E-state index >= 15 is 0 Å². The molecule has 1 fully saturated rings. The number of allylic oxidation sites excluding steroid dienone is 12. The van der Waals surface area contributed by atoms with Crippen LogP contribution in [0.25, 0.3) is 0 Å². The number of carbonyl (C=O) groups excluding carboxylic acids is 2. The van der Waals surface area contributed by atoms with E-state index in [1.807, 2.05) is 6.08 Å². The molecular formula is C43H70O10. The van der Waals surface area contributed by atoms with Crippen molar-refractivity contribution in [1.29, 1.82) is 0 Å². The number of aliphatic hydroxyl groups is 4. The average Bonchev–Trinajstić information content (AvgIpc) is 3.15. The van der Waals surface area contributed by atoms with Crippen molar-refractivity contribution < 1.29 is 49.0 Å². The predicted molar refractivity (Wildman–Crippen MR) is 210 cm³/mol. The maximum atomic E-state index is 12.7. The molecule has 0 amide bonds. The van der Waals surface area contributed by atoms with Gasteiger partial charge in [0.15, 0.2) is 12.4 Å². The van der Waals surface area contributed by atoms with Gasteiger partial charge in [0.05, 0.1) is 13.2 Å². The van der Waals surface area contributed by atoms with Crippen molar-refractivity contribution in [2.75, 3.05) is 19.8 Å². The number of ether oxygens (including phenoxy) is 4. The molecule has 1 aliphatic heterocycles. The molecule has 4 N–H and O–H groups in total. The summed E-state index contributed by atoms with van der Waals surface area (Å²) in [7, 11) is 0. The lowest BCUT2D eigenvalue weighted by atomic mass is 9.99. The lowest BCUT2D eigenvalue weighted by Gasteiger charge is -2.39. The fourth-order valence-corrected chi connectivity index (χ4v) is 5.38. The Balaban J connectivity index is 2.43. The molecule has 0 aromatic heterocycles. The van der Waals surface area contributed by atoms with E-state index in [0.717, 1.165) is 77.0 Å². The van der Waals surface area contributed by atoms with Gasteiger partial charge in [0.2, 0.25) is 0 Å². The van der Waals surface area contributed by atoms with E-state index in [1.54, 1.807) is 0 Å². The molecule has 2 unspecified atom stereocenters. The van der Waals surface area contributed by atoms with Gasteiger partial charge in [-0.2, -0.15) is 0 Å². The molecule has 0 aromatic carbocycles. The molecule has 0 saturated carbocycles. The molecule has 0 bridgehead atoms. The third kappa shape index (κ3) is 25.7. The maximum Gasteiger partial charge on any atom is 0.306 e. The quantitative estimate of drug-likeness (QED) is 0.0316. The Kier molecular flexibility index (Phi) is 30.6. The second-order valence-electron chi connectivity index (χ2n) is 13.3. The zero-order valence-electron chi connectivity index (χ0n) is 32.5. The topological polar surface area (TPSA) is 152 Å². The molecule has 1 heterocycles. The monoisotopic (exact) mass is 746 g/mol. The first-order valence-electron chi connectivity index (χ1n) is 20.0. The van der Waals surface area contributed by atoms with Gasteiger partial charge in [0, 0.05) is 12.8 Å². The van der Waals surface area contributed by atoms with Crippen molar-refractivity contribution >= 4 is 11.9 Å². The summed E-state index contributed by atoms with van der Waals surface area (Å²) in [6.45, 7) is 3.17. The summed E-state index contributed by atoms with van der Waals surface area (Å²) in [6.07, 6.45) is 33.5. The first-order chi connectivity index (χ1) is 25.8. The van der Waals surface area contributed by atoms with Gasteiger partial charge < -0.3 is 39.4 Å². The van der Waals surface area contributed by atoms with Crippen LogP contribution in [0.3, 0.4) is 0 Å². The zero-order chi connectivity index (χ0) is 38.8. The van der Waals surface area contributed by atoms with Crippen molar-refractivity contribution in [3.8, 4) is 0 Å². The van der Waals surface area contributed by atoms with E-state index < -0.39 is 55.4 Å². The fourth-order valence-electron chi connectivity index (χ4n) is 5.38. The van der Waals surface area contributed by atoms with Crippen LogP contribution in [-0.4, -0.2) is 89.0 Å². The highest BCUT2D eigenvalue weighted by Crippen LogP contribution is 2.22. The molecular weight excluding hydrogens is 676 g/mol. The van der Waals surface area contributed by atoms with E-state index in [2.05, 4.69) is 80.7 Å². The summed E-state index contributed by atoms with van der Waals surface area (Å²) in [6, 6.07) is 0. The molecule has 10 nitrogen and oxygen atoms in total. The summed E-state index contributed by atoms with van der Waals surface area (Å²) < 4.78 is 22.0. The Morgan fingerprint density at radius 1 is 0.604 bits per heavy atom. The van der Waals surface area contributed by atoms with Gasteiger partial charge in [-0.25, -0.2) is 0 Å². The minimum absolute atomic E-state index is 0.192. The van der Waals surface area contributed by atoms with Crippen molar-refractivity contribution in [3.05, 3.63) is 72.9 Å². The SMILES string of the molecule is CC/C=C/C/C=C/C/C=C/C/C=C/C/C=C/CCCC(=O)OC[C@@H](CO[C@H]1O[C@@H](CO)[C@@H](O)C(O)C1O)OC(=O)CCCCCCC/C=C/CCCC. The number of esters is 2. The Morgan fingerprint density at radius 3 is 1.75 bits per heavy atom. The van der Waals surface area contributed by atoms with Gasteiger partial charge in [-0.15, -0.1) is 0 Å². The standard InChI is InChI=1S/C43H70O10/c1-3-5-7-9-11-13-15-16-17-18-19-20-22-23-25-27-29-31-38(45)50-34-36(35-51-43-42(49)41(48)40(47)37(33-44)53-43)52-39(46)32-30-28-26-24-21-14-12-10-8-6-4-2/h5,7,10-13,16-17,19-20,23,25,36-37,40-44,47-49H,3-4,6,8-9,14-15,18,21-22,24,26-35H2,1-2H3/b7-5+,12-10+,13-11+,17-16+,20-19+,25-23+/t36-,37-,40+,41?,42?,43-/m0/s1. The molecule has 0 radical (unpaired) electrons. The Labute approximate surface area is 319 Å². The van der Waals surface area contributed by atoms with Crippen LogP contribution in [0.2, 0.25) is 0 Å². The average molecular weight is 747 g/mol. The van der Waals surface area contributed by atoms with Crippen LogP contribution in [0.1, 0.15) is 129 Å². The molecule has 0 spiro atoms. The summed E-state index contributed by atoms with van der Waals surface area (Å²) in [5.41, 5.74) is 0. The third-order valence-corrected chi connectivity index (χ3v) is 8.58. The van der Waals surface area contributed by atoms with Crippen LogP contribution in [0, 0.1) is 0 Å². The zero-order valence-corrected chi connectivity index (χ0v) is 32.5. The number of carbonyl (C=O) groups is 2. The van der Waals surface area contributed by atoms with Gasteiger partial charge in [0.1, 0.15) is 31.0 Å². The van der Waals surface area contributed by atoms with Crippen LogP contribution in [0.5, 0.6) is 0 Å². The number of hydrogen-bond acceptors (Lipinski definition) is 10. The lowest BCUT2D eigenvalue weighted by Crippen LogP contribution is -2.59. The van der Waals surface area contributed by atoms with Crippen molar-refractivity contribution in [2.45, 2.75) is 166 Å². The van der Waals surface area contributed by atoms with Crippen molar-refractivity contribution in [1.82, 2.24) is 0 Å². The molecule has 53 heavy (non-hydrogen) atoms. The summed E-state index contributed by atoms with van der Waals surface area (Å²) in [5, 5.41) is 39.9. The Hall–Kier alpha value is -2.86. The number of rotatable bonds is 31. The molecule has 0 aromatic rings. The van der Waals surface area contributed by atoms with Crippen LogP contribution in [0.15, 0.2) is 72.9 Å². The second kappa shape index (κ2) is 33.7. The van der Waals surface area contributed by atoms with E-state index in [-0.39, 0.29) is 26.1 Å².